The molecule has 2 aromatic heterocycles. The van der Waals surface area contributed by atoms with Crippen LogP contribution >= 0.6 is 23.1 Å². The fourth-order valence-electron chi connectivity index (χ4n) is 1.41. The molecule has 2 heterocycles. The third-order valence-electron chi connectivity index (χ3n) is 2.37. The molecule has 2 aromatic rings. The second-order valence-corrected chi connectivity index (χ2v) is 4.58. The number of nitrogens with one attached hydrogen (secondary N) is 1. The third-order valence-corrected chi connectivity index (χ3v) is 3.55. The second kappa shape index (κ2) is 4.73. The van der Waals surface area contributed by atoms with Gasteiger partial charge in [-0.05, 0) is 25.4 Å². The summed E-state index contributed by atoms with van der Waals surface area (Å²) in [5, 5.41) is 16.8. The Balaban J connectivity index is 2.16. The molecule has 5 nitrogen and oxygen atoms in total. The van der Waals surface area contributed by atoms with Gasteiger partial charge in [0.15, 0.2) is 5.15 Å². The first-order valence-corrected chi connectivity index (χ1v) is 5.99. The SMILES string of the molecule is Cc1noc(C)c1CNc1snc(Cl)c1C#N. The molecule has 0 saturated heterocycles. The molecule has 0 radical (unpaired) electrons. The molecule has 0 aliphatic rings. The smallest absolute Gasteiger partial charge is 0.162 e. The molecular formula is C10H9ClN4OS. The predicted molar refractivity (Wildman–Crippen MR) is 65.1 cm³/mol. The Labute approximate surface area is 107 Å². The van der Waals surface area contributed by atoms with E-state index < -0.39 is 0 Å². The van der Waals surface area contributed by atoms with Crippen molar-refractivity contribution in [3.63, 3.8) is 0 Å². The van der Waals surface area contributed by atoms with E-state index in [1.807, 2.05) is 19.9 Å². The molecule has 17 heavy (non-hydrogen) atoms. The Bertz CT molecular complexity index is 564. The molecule has 0 unspecified atom stereocenters. The van der Waals surface area contributed by atoms with E-state index in [-0.39, 0.29) is 5.15 Å². The van der Waals surface area contributed by atoms with Gasteiger partial charge < -0.3 is 9.84 Å². The number of aryl methyl sites for hydroxylation is 2. The van der Waals surface area contributed by atoms with Crippen LogP contribution in [0.25, 0.3) is 0 Å². The first-order chi connectivity index (χ1) is 8.13. The minimum atomic E-state index is 0.235. The summed E-state index contributed by atoms with van der Waals surface area (Å²) in [5.41, 5.74) is 2.20. The van der Waals surface area contributed by atoms with Crippen molar-refractivity contribution >= 4 is 28.1 Å². The Morgan fingerprint density at radius 1 is 1.53 bits per heavy atom. The number of anilines is 1. The van der Waals surface area contributed by atoms with E-state index in [1.165, 1.54) is 11.5 Å². The molecule has 1 N–H and O–H groups in total. The molecule has 0 bridgehead atoms. The van der Waals surface area contributed by atoms with E-state index in [2.05, 4.69) is 14.8 Å². The van der Waals surface area contributed by atoms with Crippen molar-refractivity contribution in [3.05, 3.63) is 27.7 Å². The summed E-state index contributed by atoms with van der Waals surface area (Å²) in [6.45, 7) is 4.26. The van der Waals surface area contributed by atoms with Gasteiger partial charge in [-0.2, -0.15) is 9.64 Å². The van der Waals surface area contributed by atoms with Gasteiger partial charge in [0.25, 0.3) is 0 Å². The molecule has 2 rings (SSSR count). The topological polar surface area (TPSA) is 74.7 Å². The summed E-state index contributed by atoms with van der Waals surface area (Å²) < 4.78 is 8.97. The van der Waals surface area contributed by atoms with Crippen molar-refractivity contribution < 1.29 is 4.52 Å². The first-order valence-electron chi connectivity index (χ1n) is 4.84. The minimum absolute atomic E-state index is 0.235. The maximum atomic E-state index is 8.92. The quantitative estimate of drug-likeness (QED) is 0.926. The molecule has 0 aliphatic heterocycles. The maximum Gasteiger partial charge on any atom is 0.162 e. The van der Waals surface area contributed by atoms with Gasteiger partial charge in [0.05, 0.1) is 5.69 Å². The van der Waals surface area contributed by atoms with E-state index in [0.717, 1.165) is 17.0 Å². The molecule has 0 aromatic carbocycles. The summed E-state index contributed by atoms with van der Waals surface area (Å²) in [7, 11) is 0. The highest BCUT2D eigenvalue weighted by Crippen LogP contribution is 2.28. The first kappa shape index (κ1) is 11.9. The number of nitriles is 1. The average Bonchev–Trinajstić information content (AvgIpc) is 2.81. The Hall–Kier alpha value is -1.58. The number of aromatic nitrogens is 2. The van der Waals surface area contributed by atoms with Crippen LogP contribution < -0.4 is 5.32 Å². The van der Waals surface area contributed by atoms with Crippen molar-refractivity contribution in [3.8, 4) is 6.07 Å². The highest BCUT2D eigenvalue weighted by Gasteiger charge is 2.13. The second-order valence-electron chi connectivity index (χ2n) is 3.45. The Morgan fingerprint density at radius 2 is 2.29 bits per heavy atom. The van der Waals surface area contributed by atoms with E-state index in [1.54, 1.807) is 0 Å². The molecule has 7 heteroatoms. The summed E-state index contributed by atoms with van der Waals surface area (Å²) in [6, 6.07) is 2.02. The van der Waals surface area contributed by atoms with Crippen LogP contribution in [0, 0.1) is 25.2 Å². The predicted octanol–water partition coefficient (Wildman–Crippen LogP) is 2.89. The molecule has 0 aliphatic carbocycles. The summed E-state index contributed by atoms with van der Waals surface area (Å²) in [4.78, 5) is 0. The van der Waals surface area contributed by atoms with Crippen molar-refractivity contribution in [2.75, 3.05) is 5.32 Å². The summed E-state index contributed by atoms with van der Waals surface area (Å²) in [6.07, 6.45) is 0. The summed E-state index contributed by atoms with van der Waals surface area (Å²) in [5.74, 6) is 0.768. The molecule has 0 spiro atoms. The van der Waals surface area contributed by atoms with Crippen molar-refractivity contribution in [2.24, 2.45) is 0 Å². The van der Waals surface area contributed by atoms with Gasteiger partial charge in [-0.3, -0.25) is 0 Å². The van der Waals surface area contributed by atoms with E-state index in [0.29, 0.717) is 17.1 Å². The minimum Gasteiger partial charge on any atom is -0.370 e. The monoisotopic (exact) mass is 268 g/mol. The molecule has 0 atom stereocenters. The van der Waals surface area contributed by atoms with Crippen LogP contribution in [0.15, 0.2) is 4.52 Å². The van der Waals surface area contributed by atoms with Gasteiger partial charge in [0.2, 0.25) is 0 Å². The number of rotatable bonds is 3. The van der Waals surface area contributed by atoms with Crippen molar-refractivity contribution in [1.82, 2.24) is 9.53 Å². The normalized spacial score (nSPS) is 10.2. The zero-order valence-electron chi connectivity index (χ0n) is 9.24. The lowest BCUT2D eigenvalue weighted by molar-refractivity contribution is 0.392. The third kappa shape index (κ3) is 2.25. The lowest BCUT2D eigenvalue weighted by Crippen LogP contribution is -2.01. The standard InChI is InChI=1S/C10H9ClN4OS/c1-5-8(6(2)16-14-5)4-13-10-7(3-12)9(11)15-17-10/h13H,4H2,1-2H3. The van der Waals surface area contributed by atoms with E-state index in [4.69, 9.17) is 21.4 Å². The van der Waals surface area contributed by atoms with Gasteiger partial charge >= 0.3 is 0 Å². The lowest BCUT2D eigenvalue weighted by atomic mass is 10.2. The fraction of sp³-hybridized carbons (Fsp3) is 0.300. The highest BCUT2D eigenvalue weighted by molar-refractivity contribution is 7.10. The van der Waals surface area contributed by atoms with Crippen LogP contribution in [0.1, 0.15) is 22.6 Å². The number of nitrogens with zero attached hydrogens (tertiary/aromatic N) is 3. The summed E-state index contributed by atoms with van der Waals surface area (Å²) >= 11 is 6.94. The van der Waals surface area contributed by atoms with Crippen LogP contribution in [0.4, 0.5) is 5.00 Å². The molecule has 88 valence electrons. The van der Waals surface area contributed by atoms with Crippen molar-refractivity contribution in [1.29, 1.82) is 5.26 Å². The number of hydrogen-bond donors (Lipinski definition) is 1. The zero-order chi connectivity index (χ0) is 12.4. The number of hydrogen-bond acceptors (Lipinski definition) is 6. The van der Waals surface area contributed by atoms with Crippen LogP contribution in [-0.4, -0.2) is 9.53 Å². The Morgan fingerprint density at radius 3 is 2.88 bits per heavy atom. The molecule has 0 saturated carbocycles. The van der Waals surface area contributed by atoms with Crippen LogP contribution in [-0.2, 0) is 6.54 Å². The largest absolute Gasteiger partial charge is 0.370 e. The zero-order valence-corrected chi connectivity index (χ0v) is 10.8. The average molecular weight is 269 g/mol. The van der Waals surface area contributed by atoms with Crippen molar-refractivity contribution in [2.45, 2.75) is 20.4 Å². The van der Waals surface area contributed by atoms with Crippen LogP contribution in [0.3, 0.4) is 0 Å². The Kier molecular flexibility index (Phi) is 3.31. The van der Waals surface area contributed by atoms with Gasteiger partial charge in [0, 0.05) is 12.1 Å². The van der Waals surface area contributed by atoms with Gasteiger partial charge in [-0.1, -0.05) is 16.8 Å². The van der Waals surface area contributed by atoms with Gasteiger partial charge in [-0.15, -0.1) is 0 Å². The molecular weight excluding hydrogens is 260 g/mol. The van der Waals surface area contributed by atoms with Gasteiger partial charge in [0.1, 0.15) is 22.4 Å². The number of halogens is 1. The fourth-order valence-corrected chi connectivity index (χ4v) is 2.34. The highest BCUT2D eigenvalue weighted by atomic mass is 35.5. The lowest BCUT2D eigenvalue weighted by Gasteiger charge is -2.02. The van der Waals surface area contributed by atoms with E-state index in [9.17, 15) is 0 Å². The molecule has 0 amide bonds. The van der Waals surface area contributed by atoms with Gasteiger partial charge in [-0.25, -0.2) is 0 Å². The van der Waals surface area contributed by atoms with Crippen LogP contribution in [0.5, 0.6) is 0 Å². The molecule has 0 fully saturated rings. The maximum absolute atomic E-state index is 8.92. The van der Waals surface area contributed by atoms with Crippen LogP contribution in [0.2, 0.25) is 5.15 Å². The van der Waals surface area contributed by atoms with E-state index >= 15 is 0 Å².